The molecule has 0 atom stereocenters. The van der Waals surface area contributed by atoms with Crippen molar-refractivity contribution in [1.82, 2.24) is 14.7 Å². The van der Waals surface area contributed by atoms with Crippen LogP contribution < -0.4 is 10.2 Å². The zero-order chi connectivity index (χ0) is 19.5. The van der Waals surface area contributed by atoms with E-state index >= 15 is 0 Å². The van der Waals surface area contributed by atoms with Gasteiger partial charge in [-0.2, -0.15) is 0 Å². The van der Waals surface area contributed by atoms with Gasteiger partial charge in [-0.15, -0.1) is 11.3 Å². The van der Waals surface area contributed by atoms with Gasteiger partial charge in [0.15, 0.2) is 4.96 Å². The highest BCUT2D eigenvalue weighted by Gasteiger charge is 2.12. The van der Waals surface area contributed by atoms with Crippen molar-refractivity contribution in [2.24, 2.45) is 0 Å². The molecule has 0 bridgehead atoms. The van der Waals surface area contributed by atoms with Crippen LogP contribution in [0.1, 0.15) is 11.3 Å². The lowest BCUT2D eigenvalue weighted by molar-refractivity contribution is -0.120. The summed E-state index contributed by atoms with van der Waals surface area (Å²) in [6, 6.07) is 18.3. The van der Waals surface area contributed by atoms with Gasteiger partial charge in [0.1, 0.15) is 0 Å². The molecule has 0 unspecified atom stereocenters. The minimum atomic E-state index is 0.00588. The van der Waals surface area contributed by atoms with Crippen LogP contribution in [0.15, 0.2) is 66.2 Å². The predicted octanol–water partition coefficient (Wildman–Crippen LogP) is 3.99. The van der Waals surface area contributed by atoms with Crippen molar-refractivity contribution in [2.75, 3.05) is 19.0 Å². The first kappa shape index (κ1) is 18.3. The van der Waals surface area contributed by atoms with Gasteiger partial charge in [0.2, 0.25) is 5.91 Å². The first-order valence-corrected chi connectivity index (χ1v) is 10.0. The molecule has 6 heteroatoms. The van der Waals surface area contributed by atoms with E-state index in [0.717, 1.165) is 33.2 Å². The van der Waals surface area contributed by atoms with E-state index in [1.165, 1.54) is 0 Å². The van der Waals surface area contributed by atoms with E-state index in [-0.39, 0.29) is 5.91 Å². The third kappa shape index (κ3) is 3.92. The normalized spacial score (nSPS) is 10.9. The molecule has 0 fully saturated rings. The first-order chi connectivity index (χ1) is 13.6. The molecule has 2 aromatic heterocycles. The summed E-state index contributed by atoms with van der Waals surface area (Å²) in [6.07, 6.45) is 2.34. The number of amides is 1. The number of anilines is 1. The second kappa shape index (κ2) is 7.86. The molecule has 1 N–H and O–H groups in total. The molecule has 142 valence electrons. The first-order valence-electron chi connectivity index (χ1n) is 9.14. The van der Waals surface area contributed by atoms with Crippen LogP contribution in [0.3, 0.4) is 0 Å². The van der Waals surface area contributed by atoms with Crippen LogP contribution in [0.25, 0.3) is 16.2 Å². The lowest BCUT2D eigenvalue weighted by atomic mass is 10.2. The minimum Gasteiger partial charge on any atom is -0.378 e. The molecule has 0 spiro atoms. The van der Waals surface area contributed by atoms with Crippen LogP contribution >= 0.6 is 11.3 Å². The molecule has 5 nitrogen and oxygen atoms in total. The van der Waals surface area contributed by atoms with Gasteiger partial charge in [-0.3, -0.25) is 9.20 Å². The maximum absolute atomic E-state index is 12.4. The molecule has 4 aromatic rings. The summed E-state index contributed by atoms with van der Waals surface area (Å²) in [5.41, 5.74) is 5.19. The van der Waals surface area contributed by atoms with Gasteiger partial charge >= 0.3 is 0 Å². The second-order valence-electron chi connectivity index (χ2n) is 6.89. The molecule has 0 aliphatic carbocycles. The van der Waals surface area contributed by atoms with Crippen LogP contribution in [-0.4, -0.2) is 29.4 Å². The number of carbonyl (C=O) groups excluding carboxylic acids is 1. The molecule has 0 saturated carbocycles. The van der Waals surface area contributed by atoms with Crippen molar-refractivity contribution in [3.05, 3.63) is 77.4 Å². The SMILES string of the molecule is CN(C)c1ccc(CNC(=O)Cc2csc3nc(-c4ccccc4)cn23)cc1. The summed E-state index contributed by atoms with van der Waals surface area (Å²) in [4.78, 5) is 20.1. The third-order valence-corrected chi connectivity index (χ3v) is 5.53. The maximum Gasteiger partial charge on any atom is 0.226 e. The second-order valence-corrected chi connectivity index (χ2v) is 7.72. The number of nitrogens with zero attached hydrogens (tertiary/aromatic N) is 3. The summed E-state index contributed by atoms with van der Waals surface area (Å²) >= 11 is 1.56. The largest absolute Gasteiger partial charge is 0.378 e. The fraction of sp³-hybridized carbons (Fsp3) is 0.182. The highest BCUT2D eigenvalue weighted by atomic mass is 32.1. The van der Waals surface area contributed by atoms with Crippen molar-refractivity contribution in [3.8, 4) is 11.3 Å². The average Bonchev–Trinajstić information content (AvgIpc) is 3.29. The van der Waals surface area contributed by atoms with Crippen LogP contribution in [0, 0.1) is 0 Å². The molecule has 2 heterocycles. The number of hydrogen-bond acceptors (Lipinski definition) is 4. The monoisotopic (exact) mass is 390 g/mol. The van der Waals surface area contributed by atoms with Crippen LogP contribution in [0.4, 0.5) is 5.69 Å². The topological polar surface area (TPSA) is 49.6 Å². The number of benzene rings is 2. The van der Waals surface area contributed by atoms with Crippen LogP contribution in [0.5, 0.6) is 0 Å². The van der Waals surface area contributed by atoms with E-state index in [0.29, 0.717) is 13.0 Å². The molecule has 0 aliphatic rings. The van der Waals surface area contributed by atoms with Gasteiger partial charge in [0.05, 0.1) is 12.1 Å². The Balaban J connectivity index is 1.41. The molecular weight excluding hydrogens is 368 g/mol. The van der Waals surface area contributed by atoms with Crippen molar-refractivity contribution < 1.29 is 4.79 Å². The van der Waals surface area contributed by atoms with Gasteiger partial charge < -0.3 is 10.2 Å². The lowest BCUT2D eigenvalue weighted by Gasteiger charge is -2.12. The highest BCUT2D eigenvalue weighted by molar-refractivity contribution is 7.15. The van der Waals surface area contributed by atoms with E-state index < -0.39 is 0 Å². The number of aromatic nitrogens is 2. The van der Waals surface area contributed by atoms with E-state index in [4.69, 9.17) is 0 Å². The summed E-state index contributed by atoms with van der Waals surface area (Å²) in [7, 11) is 4.02. The number of rotatable bonds is 6. The summed E-state index contributed by atoms with van der Waals surface area (Å²) in [6.45, 7) is 0.527. The van der Waals surface area contributed by atoms with Crippen LogP contribution in [0.2, 0.25) is 0 Å². The summed E-state index contributed by atoms with van der Waals surface area (Å²) in [5.74, 6) is 0.00588. The van der Waals surface area contributed by atoms with Gasteiger partial charge in [-0.1, -0.05) is 42.5 Å². The Labute approximate surface area is 168 Å². The standard InChI is InChI=1S/C22H22N4OS/c1-25(2)18-10-8-16(9-11-18)13-23-21(27)12-19-15-28-22-24-20(14-26(19)22)17-6-4-3-5-7-17/h3-11,14-15H,12-13H2,1-2H3,(H,23,27). The maximum atomic E-state index is 12.4. The fourth-order valence-corrected chi connectivity index (χ4v) is 3.92. The Bertz CT molecular complexity index is 1080. The van der Waals surface area contributed by atoms with Crippen molar-refractivity contribution in [3.63, 3.8) is 0 Å². The average molecular weight is 391 g/mol. The lowest BCUT2D eigenvalue weighted by Crippen LogP contribution is -2.25. The minimum absolute atomic E-state index is 0.00588. The van der Waals surface area contributed by atoms with Crippen molar-refractivity contribution >= 4 is 27.9 Å². The summed E-state index contributed by atoms with van der Waals surface area (Å²) in [5, 5.41) is 5.01. The number of hydrogen-bond donors (Lipinski definition) is 1. The highest BCUT2D eigenvalue weighted by Crippen LogP contribution is 2.23. The van der Waals surface area contributed by atoms with E-state index in [2.05, 4.69) is 27.3 Å². The van der Waals surface area contributed by atoms with Gasteiger partial charge in [0, 0.05) is 49.2 Å². The van der Waals surface area contributed by atoms with Gasteiger partial charge in [-0.05, 0) is 17.7 Å². The van der Waals surface area contributed by atoms with E-state index in [1.807, 2.05) is 72.5 Å². The molecule has 28 heavy (non-hydrogen) atoms. The Hall–Kier alpha value is -3.12. The Morgan fingerprint density at radius 2 is 1.86 bits per heavy atom. The van der Waals surface area contributed by atoms with Gasteiger partial charge in [0.25, 0.3) is 0 Å². The van der Waals surface area contributed by atoms with Crippen LogP contribution in [-0.2, 0) is 17.8 Å². The van der Waals surface area contributed by atoms with Gasteiger partial charge in [-0.25, -0.2) is 4.98 Å². The number of nitrogens with one attached hydrogen (secondary N) is 1. The zero-order valence-electron chi connectivity index (χ0n) is 15.9. The van der Waals surface area contributed by atoms with E-state index in [1.54, 1.807) is 11.3 Å². The molecule has 0 aliphatic heterocycles. The van der Waals surface area contributed by atoms with E-state index in [9.17, 15) is 4.79 Å². The smallest absolute Gasteiger partial charge is 0.226 e. The Kier molecular flexibility index (Phi) is 5.12. The molecule has 1 amide bonds. The summed E-state index contributed by atoms with van der Waals surface area (Å²) < 4.78 is 2.01. The van der Waals surface area contributed by atoms with Crippen molar-refractivity contribution in [2.45, 2.75) is 13.0 Å². The molecular formula is C22H22N4OS. The molecule has 4 rings (SSSR count). The number of fused-ring (bicyclic) bond motifs is 1. The number of thiazole rings is 1. The Morgan fingerprint density at radius 1 is 1.11 bits per heavy atom. The molecule has 0 saturated heterocycles. The number of imidazole rings is 1. The number of carbonyl (C=O) groups is 1. The fourth-order valence-electron chi connectivity index (χ4n) is 3.04. The zero-order valence-corrected chi connectivity index (χ0v) is 16.7. The van der Waals surface area contributed by atoms with Crippen molar-refractivity contribution in [1.29, 1.82) is 0 Å². The quantitative estimate of drug-likeness (QED) is 0.542. The predicted molar refractivity (Wildman–Crippen MR) is 115 cm³/mol. The Morgan fingerprint density at radius 3 is 2.57 bits per heavy atom. The molecule has 0 radical (unpaired) electrons. The third-order valence-electron chi connectivity index (χ3n) is 4.64. The molecule has 2 aromatic carbocycles.